The summed E-state index contributed by atoms with van der Waals surface area (Å²) in [5.41, 5.74) is 7.02. The number of anilines is 1. The molecule has 0 aromatic carbocycles. The van der Waals surface area contributed by atoms with Crippen LogP contribution in [0.1, 0.15) is 31.4 Å². The first-order chi connectivity index (χ1) is 9.16. The van der Waals surface area contributed by atoms with Crippen LogP contribution in [-0.2, 0) is 4.79 Å². The van der Waals surface area contributed by atoms with Gasteiger partial charge in [-0.2, -0.15) is 0 Å². The topological polar surface area (TPSA) is 71.2 Å². The summed E-state index contributed by atoms with van der Waals surface area (Å²) in [5.74, 6) is 1.26. The number of aromatic nitrogens is 1. The number of carbonyl (C=O) groups excluding carboxylic acids is 1. The number of fused-ring (bicyclic) bond motifs is 1. The zero-order valence-corrected chi connectivity index (χ0v) is 11.2. The highest BCUT2D eigenvalue weighted by Crippen LogP contribution is 2.31. The molecule has 19 heavy (non-hydrogen) atoms. The molecule has 5 nitrogen and oxygen atoms in total. The second-order valence-electron chi connectivity index (χ2n) is 5.49. The van der Waals surface area contributed by atoms with E-state index in [0.717, 1.165) is 37.3 Å². The summed E-state index contributed by atoms with van der Waals surface area (Å²) in [6.07, 6.45) is 3.83. The first-order valence-electron chi connectivity index (χ1n) is 6.92. The number of pyridine rings is 1. The van der Waals surface area contributed by atoms with Gasteiger partial charge in [0.05, 0.1) is 12.0 Å². The number of carbonyl (C=O) groups is 1. The molecule has 0 bridgehead atoms. The second-order valence-corrected chi connectivity index (χ2v) is 5.49. The molecule has 2 aliphatic rings. The fraction of sp³-hybridized carbons (Fsp3) is 0.571. The molecule has 1 aromatic rings. The first kappa shape index (κ1) is 12.4. The van der Waals surface area contributed by atoms with Gasteiger partial charge in [-0.05, 0) is 37.5 Å². The van der Waals surface area contributed by atoms with Crippen molar-refractivity contribution < 1.29 is 4.79 Å². The van der Waals surface area contributed by atoms with Gasteiger partial charge in [-0.3, -0.25) is 4.79 Å². The van der Waals surface area contributed by atoms with Crippen molar-refractivity contribution >= 4 is 11.7 Å². The fourth-order valence-corrected chi connectivity index (χ4v) is 3.11. The largest absolute Gasteiger partial charge is 0.354 e. The van der Waals surface area contributed by atoms with Gasteiger partial charge in [0, 0.05) is 25.3 Å². The Morgan fingerprint density at radius 1 is 1.58 bits per heavy atom. The van der Waals surface area contributed by atoms with Gasteiger partial charge in [0.25, 0.3) is 0 Å². The van der Waals surface area contributed by atoms with E-state index in [1.54, 1.807) is 0 Å². The van der Waals surface area contributed by atoms with Crippen LogP contribution in [0.25, 0.3) is 0 Å². The third kappa shape index (κ3) is 2.18. The van der Waals surface area contributed by atoms with Crippen LogP contribution < -0.4 is 16.0 Å². The highest BCUT2D eigenvalue weighted by Gasteiger charge is 2.41. The molecule has 0 saturated carbocycles. The van der Waals surface area contributed by atoms with Crippen LogP contribution in [0.4, 0.5) is 5.82 Å². The molecule has 3 heterocycles. The van der Waals surface area contributed by atoms with E-state index in [0.29, 0.717) is 0 Å². The normalized spacial score (nSPS) is 27.9. The molecular weight excluding hydrogens is 240 g/mol. The van der Waals surface area contributed by atoms with Crippen molar-refractivity contribution in [3.05, 3.63) is 23.9 Å². The van der Waals surface area contributed by atoms with Crippen molar-refractivity contribution in [3.8, 4) is 0 Å². The van der Waals surface area contributed by atoms with Gasteiger partial charge in [-0.25, -0.2) is 4.98 Å². The van der Waals surface area contributed by atoms with Crippen molar-refractivity contribution in [1.29, 1.82) is 0 Å². The Hall–Kier alpha value is -1.62. The highest BCUT2D eigenvalue weighted by atomic mass is 16.2. The predicted molar refractivity (Wildman–Crippen MR) is 73.7 cm³/mol. The molecule has 0 radical (unpaired) electrons. The number of nitrogens with two attached hydrogens (primary N) is 1. The second kappa shape index (κ2) is 4.81. The number of hydrogen-bond acceptors (Lipinski definition) is 4. The molecule has 2 aliphatic heterocycles. The van der Waals surface area contributed by atoms with E-state index in [4.69, 9.17) is 5.73 Å². The predicted octanol–water partition coefficient (Wildman–Crippen LogP) is 0.816. The van der Waals surface area contributed by atoms with Crippen molar-refractivity contribution in [2.75, 3.05) is 18.0 Å². The zero-order valence-electron chi connectivity index (χ0n) is 11.2. The smallest absolute Gasteiger partial charge is 0.225 e. The molecule has 2 unspecified atom stereocenters. The Bertz CT molecular complexity index is 488. The standard InChI is InChI=1S/C14H20N4O/c1-9(15)10-4-5-16-13(7-10)18-6-2-3-11-12(18)8-17-14(11)19/h4-5,7,9,11-12H,2-3,6,8,15H2,1H3,(H,17,19)/t9-,11?,12?/m1/s1. The van der Waals surface area contributed by atoms with Gasteiger partial charge in [0.2, 0.25) is 5.91 Å². The molecule has 1 amide bonds. The number of piperidine rings is 1. The molecule has 0 spiro atoms. The van der Waals surface area contributed by atoms with E-state index in [1.165, 1.54) is 0 Å². The van der Waals surface area contributed by atoms with E-state index in [-0.39, 0.29) is 23.9 Å². The van der Waals surface area contributed by atoms with Crippen molar-refractivity contribution in [2.45, 2.75) is 31.8 Å². The van der Waals surface area contributed by atoms with E-state index in [1.807, 2.05) is 19.2 Å². The van der Waals surface area contributed by atoms with E-state index >= 15 is 0 Å². The number of rotatable bonds is 2. The molecule has 5 heteroatoms. The average molecular weight is 260 g/mol. The van der Waals surface area contributed by atoms with Crippen LogP contribution in [0.15, 0.2) is 18.3 Å². The minimum atomic E-state index is 0.00525. The fourth-order valence-electron chi connectivity index (χ4n) is 3.11. The summed E-state index contributed by atoms with van der Waals surface area (Å²) in [6.45, 7) is 3.66. The van der Waals surface area contributed by atoms with E-state index < -0.39 is 0 Å². The van der Waals surface area contributed by atoms with Crippen LogP contribution in [0.2, 0.25) is 0 Å². The monoisotopic (exact) mass is 260 g/mol. The summed E-state index contributed by atoms with van der Waals surface area (Å²) in [4.78, 5) is 18.5. The Morgan fingerprint density at radius 3 is 3.21 bits per heavy atom. The third-order valence-corrected chi connectivity index (χ3v) is 4.19. The van der Waals surface area contributed by atoms with Crippen LogP contribution >= 0.6 is 0 Å². The highest BCUT2D eigenvalue weighted by molar-refractivity contribution is 5.83. The van der Waals surface area contributed by atoms with Crippen LogP contribution in [0, 0.1) is 5.92 Å². The maximum Gasteiger partial charge on any atom is 0.225 e. The molecule has 2 saturated heterocycles. The summed E-state index contributed by atoms with van der Waals surface area (Å²) in [7, 11) is 0. The van der Waals surface area contributed by atoms with Crippen LogP contribution in [0.5, 0.6) is 0 Å². The van der Waals surface area contributed by atoms with Crippen molar-refractivity contribution in [2.24, 2.45) is 11.7 Å². The lowest BCUT2D eigenvalue weighted by molar-refractivity contribution is -0.122. The summed E-state index contributed by atoms with van der Waals surface area (Å²) < 4.78 is 0. The van der Waals surface area contributed by atoms with Gasteiger partial charge in [-0.15, -0.1) is 0 Å². The van der Waals surface area contributed by atoms with Crippen molar-refractivity contribution in [3.63, 3.8) is 0 Å². The Labute approximate surface area is 113 Å². The molecular formula is C14H20N4O. The maximum absolute atomic E-state index is 11.8. The number of nitrogens with one attached hydrogen (secondary N) is 1. The minimum absolute atomic E-state index is 0.00525. The molecule has 0 aliphatic carbocycles. The summed E-state index contributed by atoms with van der Waals surface area (Å²) in [5, 5.41) is 2.97. The molecule has 3 N–H and O–H groups in total. The first-order valence-corrected chi connectivity index (χ1v) is 6.92. The Balaban J connectivity index is 1.88. The lowest BCUT2D eigenvalue weighted by Gasteiger charge is -2.37. The van der Waals surface area contributed by atoms with Crippen LogP contribution in [-0.4, -0.2) is 30.0 Å². The number of amides is 1. The van der Waals surface area contributed by atoms with Crippen LogP contribution in [0.3, 0.4) is 0 Å². The van der Waals surface area contributed by atoms with Crippen molar-refractivity contribution in [1.82, 2.24) is 10.3 Å². The van der Waals surface area contributed by atoms with Gasteiger partial charge < -0.3 is 16.0 Å². The minimum Gasteiger partial charge on any atom is -0.354 e. The van der Waals surface area contributed by atoms with Gasteiger partial charge in [0.1, 0.15) is 5.82 Å². The maximum atomic E-state index is 11.8. The number of hydrogen-bond donors (Lipinski definition) is 2. The lowest BCUT2D eigenvalue weighted by Crippen LogP contribution is -2.46. The third-order valence-electron chi connectivity index (χ3n) is 4.19. The zero-order chi connectivity index (χ0) is 13.4. The lowest BCUT2D eigenvalue weighted by atomic mass is 9.91. The Morgan fingerprint density at radius 2 is 2.42 bits per heavy atom. The summed E-state index contributed by atoms with van der Waals surface area (Å²) in [6, 6.07) is 4.26. The summed E-state index contributed by atoms with van der Waals surface area (Å²) >= 11 is 0. The molecule has 102 valence electrons. The van der Waals surface area contributed by atoms with Gasteiger partial charge >= 0.3 is 0 Å². The van der Waals surface area contributed by atoms with E-state index in [2.05, 4.69) is 21.3 Å². The molecule has 3 rings (SSSR count). The molecule has 1 aromatic heterocycles. The quantitative estimate of drug-likeness (QED) is 0.825. The SMILES string of the molecule is C[C@@H](N)c1ccnc(N2CCCC3C(=O)NCC32)c1. The molecule has 3 atom stereocenters. The average Bonchev–Trinajstić information content (AvgIpc) is 2.81. The number of nitrogens with zero attached hydrogens (tertiary/aromatic N) is 2. The Kier molecular flexibility index (Phi) is 3.14. The molecule has 2 fully saturated rings. The van der Waals surface area contributed by atoms with E-state index in [9.17, 15) is 4.79 Å². The van der Waals surface area contributed by atoms with Gasteiger partial charge in [0.15, 0.2) is 0 Å². The van der Waals surface area contributed by atoms with Gasteiger partial charge in [-0.1, -0.05) is 0 Å².